The molecule has 2 nitrogen and oxygen atoms in total. The molecular formula is C18H24N2. The summed E-state index contributed by atoms with van der Waals surface area (Å²) in [5.74, 6) is 0. The lowest BCUT2D eigenvalue weighted by atomic mass is 9.67. The van der Waals surface area contributed by atoms with Gasteiger partial charge in [-0.05, 0) is 61.8 Å². The average Bonchev–Trinajstić information content (AvgIpc) is 2.42. The Balaban J connectivity index is 1.96. The van der Waals surface area contributed by atoms with Crippen molar-refractivity contribution >= 4 is 10.9 Å². The van der Waals surface area contributed by atoms with Crippen molar-refractivity contribution in [2.45, 2.75) is 52.0 Å². The number of hydrogen-bond donors (Lipinski definition) is 1. The summed E-state index contributed by atoms with van der Waals surface area (Å²) in [6.45, 7) is 6.72. The van der Waals surface area contributed by atoms with Crippen molar-refractivity contribution in [1.29, 1.82) is 0 Å². The highest BCUT2D eigenvalue weighted by atomic mass is 14.8. The van der Waals surface area contributed by atoms with Crippen molar-refractivity contribution in [1.82, 2.24) is 4.98 Å². The Hall–Kier alpha value is -1.41. The van der Waals surface area contributed by atoms with Gasteiger partial charge in [-0.3, -0.25) is 4.98 Å². The fraction of sp³-hybridized carbons (Fsp3) is 0.500. The molecule has 0 amide bonds. The van der Waals surface area contributed by atoms with Gasteiger partial charge >= 0.3 is 0 Å². The highest BCUT2D eigenvalue weighted by Gasteiger charge is 2.36. The van der Waals surface area contributed by atoms with Crippen molar-refractivity contribution < 1.29 is 0 Å². The molecule has 3 rings (SSSR count). The Bertz CT molecular complexity index is 633. The summed E-state index contributed by atoms with van der Waals surface area (Å²) < 4.78 is 0. The lowest BCUT2D eigenvalue weighted by Gasteiger charge is -2.41. The molecule has 0 bridgehead atoms. The zero-order chi connectivity index (χ0) is 14.4. The second-order valence-electron chi connectivity index (χ2n) is 7.18. The van der Waals surface area contributed by atoms with Gasteiger partial charge < -0.3 is 5.73 Å². The molecule has 1 aliphatic rings. The van der Waals surface area contributed by atoms with E-state index >= 15 is 0 Å². The number of fused-ring (bicyclic) bond motifs is 1. The highest BCUT2D eigenvalue weighted by Crippen LogP contribution is 2.43. The van der Waals surface area contributed by atoms with Gasteiger partial charge in [0.1, 0.15) is 0 Å². The SMILES string of the molecule is Cc1ccc2cc(C3(N)CCC(C)(C)CC3)ccc2n1. The molecule has 0 unspecified atom stereocenters. The van der Waals surface area contributed by atoms with Gasteiger partial charge in [0.05, 0.1) is 5.52 Å². The van der Waals surface area contributed by atoms with Gasteiger partial charge in [-0.25, -0.2) is 0 Å². The van der Waals surface area contributed by atoms with Gasteiger partial charge in [-0.2, -0.15) is 0 Å². The van der Waals surface area contributed by atoms with Gasteiger partial charge in [0.15, 0.2) is 0 Å². The molecular weight excluding hydrogens is 244 g/mol. The number of aromatic nitrogens is 1. The van der Waals surface area contributed by atoms with E-state index in [1.807, 2.05) is 6.92 Å². The standard InChI is InChI=1S/C18H24N2/c1-13-4-5-14-12-15(6-7-16(14)20-13)18(19)10-8-17(2,3)9-11-18/h4-7,12H,8-11,19H2,1-3H3. The summed E-state index contributed by atoms with van der Waals surface area (Å²) in [7, 11) is 0. The predicted molar refractivity (Wildman–Crippen MR) is 84.6 cm³/mol. The van der Waals surface area contributed by atoms with E-state index in [4.69, 9.17) is 5.73 Å². The maximum Gasteiger partial charge on any atom is 0.0705 e. The van der Waals surface area contributed by atoms with Gasteiger partial charge in [0.25, 0.3) is 0 Å². The van der Waals surface area contributed by atoms with Crippen LogP contribution in [0.5, 0.6) is 0 Å². The molecule has 1 fully saturated rings. The van der Waals surface area contributed by atoms with Gasteiger partial charge in [-0.15, -0.1) is 0 Å². The first kappa shape index (κ1) is 13.6. The maximum absolute atomic E-state index is 6.70. The van der Waals surface area contributed by atoms with Crippen molar-refractivity contribution in [2.75, 3.05) is 0 Å². The van der Waals surface area contributed by atoms with E-state index in [1.54, 1.807) is 0 Å². The number of nitrogens with zero attached hydrogens (tertiary/aromatic N) is 1. The minimum Gasteiger partial charge on any atom is -0.321 e. The van der Waals surface area contributed by atoms with Crippen molar-refractivity contribution in [2.24, 2.45) is 11.1 Å². The van der Waals surface area contributed by atoms with Crippen LogP contribution in [-0.4, -0.2) is 4.98 Å². The van der Waals surface area contributed by atoms with E-state index in [2.05, 4.69) is 49.2 Å². The molecule has 1 aromatic carbocycles. The molecule has 20 heavy (non-hydrogen) atoms. The van der Waals surface area contributed by atoms with Crippen molar-refractivity contribution in [3.05, 3.63) is 41.6 Å². The third-order valence-electron chi connectivity index (χ3n) is 4.90. The molecule has 0 aliphatic heterocycles. The molecule has 2 N–H and O–H groups in total. The first-order valence-corrected chi connectivity index (χ1v) is 7.55. The second kappa shape index (κ2) is 4.56. The fourth-order valence-corrected chi connectivity index (χ4v) is 3.20. The molecule has 1 heterocycles. The van der Waals surface area contributed by atoms with Crippen molar-refractivity contribution in [3.63, 3.8) is 0 Å². The van der Waals surface area contributed by atoms with E-state index < -0.39 is 0 Å². The Morgan fingerprint density at radius 1 is 1.00 bits per heavy atom. The number of rotatable bonds is 1. The smallest absolute Gasteiger partial charge is 0.0705 e. The lowest BCUT2D eigenvalue weighted by Crippen LogP contribution is -2.42. The van der Waals surface area contributed by atoms with Gasteiger partial charge in [0, 0.05) is 16.6 Å². The minimum absolute atomic E-state index is 0.158. The summed E-state index contributed by atoms with van der Waals surface area (Å²) in [6.07, 6.45) is 4.55. The summed E-state index contributed by atoms with van der Waals surface area (Å²) in [4.78, 5) is 4.57. The van der Waals surface area contributed by atoms with Crippen LogP contribution in [0.1, 0.15) is 50.8 Å². The third-order valence-corrected chi connectivity index (χ3v) is 4.90. The van der Waals surface area contributed by atoms with E-state index in [9.17, 15) is 0 Å². The molecule has 1 saturated carbocycles. The Labute approximate surface area is 121 Å². The summed E-state index contributed by atoms with van der Waals surface area (Å²) in [5, 5.41) is 1.20. The first-order valence-electron chi connectivity index (χ1n) is 7.55. The molecule has 0 radical (unpaired) electrons. The normalized spacial score (nSPS) is 21.0. The maximum atomic E-state index is 6.70. The fourth-order valence-electron chi connectivity index (χ4n) is 3.20. The first-order chi connectivity index (χ1) is 9.38. The van der Waals surface area contributed by atoms with Crippen LogP contribution in [-0.2, 0) is 5.54 Å². The van der Waals surface area contributed by atoms with Crippen LogP contribution in [0.2, 0.25) is 0 Å². The highest BCUT2D eigenvalue weighted by molar-refractivity contribution is 5.79. The predicted octanol–water partition coefficient (Wildman–Crippen LogP) is 4.30. The number of nitrogens with two attached hydrogens (primary N) is 1. The largest absolute Gasteiger partial charge is 0.321 e. The van der Waals surface area contributed by atoms with Crippen LogP contribution in [0.3, 0.4) is 0 Å². The van der Waals surface area contributed by atoms with Crippen LogP contribution < -0.4 is 5.73 Å². The molecule has 1 aromatic heterocycles. The average molecular weight is 268 g/mol. The van der Waals surface area contributed by atoms with E-state index in [0.29, 0.717) is 5.41 Å². The molecule has 2 aromatic rings. The molecule has 0 saturated heterocycles. The van der Waals surface area contributed by atoms with E-state index in [1.165, 1.54) is 23.8 Å². The molecule has 0 atom stereocenters. The van der Waals surface area contributed by atoms with Gasteiger partial charge in [-0.1, -0.05) is 26.0 Å². The third kappa shape index (κ3) is 2.45. The zero-order valence-corrected chi connectivity index (χ0v) is 12.7. The van der Waals surface area contributed by atoms with E-state index in [-0.39, 0.29) is 5.54 Å². The molecule has 0 spiro atoms. The van der Waals surface area contributed by atoms with E-state index in [0.717, 1.165) is 24.1 Å². The Morgan fingerprint density at radius 3 is 2.40 bits per heavy atom. The quantitative estimate of drug-likeness (QED) is 0.837. The molecule has 1 aliphatic carbocycles. The zero-order valence-electron chi connectivity index (χ0n) is 12.7. The van der Waals surface area contributed by atoms with Crippen molar-refractivity contribution in [3.8, 4) is 0 Å². The Kier molecular flexibility index (Phi) is 3.09. The van der Waals surface area contributed by atoms with Crippen LogP contribution >= 0.6 is 0 Å². The summed E-state index contributed by atoms with van der Waals surface area (Å²) in [6, 6.07) is 10.7. The summed E-state index contributed by atoms with van der Waals surface area (Å²) >= 11 is 0. The molecule has 2 heteroatoms. The van der Waals surface area contributed by atoms with Crippen LogP contribution in [0.25, 0.3) is 10.9 Å². The number of benzene rings is 1. The van der Waals surface area contributed by atoms with Crippen LogP contribution in [0, 0.1) is 12.3 Å². The number of aryl methyl sites for hydroxylation is 1. The monoisotopic (exact) mass is 268 g/mol. The summed E-state index contributed by atoms with van der Waals surface area (Å²) in [5.41, 5.74) is 10.4. The second-order valence-corrected chi connectivity index (χ2v) is 7.18. The van der Waals surface area contributed by atoms with Crippen LogP contribution in [0.15, 0.2) is 30.3 Å². The minimum atomic E-state index is -0.158. The lowest BCUT2D eigenvalue weighted by molar-refractivity contribution is 0.165. The van der Waals surface area contributed by atoms with Crippen LogP contribution in [0.4, 0.5) is 0 Å². The topological polar surface area (TPSA) is 38.9 Å². The molecule has 106 valence electrons. The number of hydrogen-bond acceptors (Lipinski definition) is 2. The number of pyridine rings is 1. The Morgan fingerprint density at radius 2 is 1.70 bits per heavy atom. The van der Waals surface area contributed by atoms with Gasteiger partial charge in [0.2, 0.25) is 0 Å².